The maximum Gasteiger partial charge on any atom is 0.343 e. The number of hydrogen-bond donors (Lipinski definition) is 3. The van der Waals surface area contributed by atoms with Gasteiger partial charge in [0, 0.05) is 34.8 Å². The predicted molar refractivity (Wildman–Crippen MR) is 336 cm³/mol. The number of aliphatic imine (C=N–C) groups is 2. The second kappa shape index (κ2) is 22.8. The Morgan fingerprint density at radius 3 is 1.40 bits per heavy atom. The van der Waals surface area contributed by atoms with Gasteiger partial charge in [0.05, 0.1) is 20.4 Å². The summed E-state index contributed by atoms with van der Waals surface area (Å²) >= 11 is 2.47. The van der Waals surface area contributed by atoms with E-state index in [4.69, 9.17) is 19.5 Å². The fourth-order valence-electron chi connectivity index (χ4n) is 12.9. The molecule has 13 nitrogen and oxygen atoms in total. The zero-order valence-electron chi connectivity index (χ0n) is 50.4. The number of fused-ring (bicyclic) bond motifs is 2. The number of carbonyl (C=O) groups is 4. The lowest BCUT2D eigenvalue weighted by Gasteiger charge is -2.50. The molecule has 4 atom stereocenters. The first-order valence-electron chi connectivity index (χ1n) is 29.2. The molecule has 0 saturated heterocycles. The molecule has 7 aromatic rings. The highest BCUT2D eigenvalue weighted by molar-refractivity contribution is 7.20. The van der Waals surface area contributed by atoms with Crippen LogP contribution in [-0.2, 0) is 14.3 Å². The van der Waals surface area contributed by atoms with Crippen LogP contribution in [0.3, 0.4) is 0 Å². The number of H-pyrrole nitrogens is 1. The second-order valence-corrected chi connectivity index (χ2v) is 29.7. The number of hydrogen-bond acceptors (Lipinski definition) is 11. The normalized spacial score (nSPS) is 23.1. The van der Waals surface area contributed by atoms with Crippen LogP contribution in [0.1, 0.15) is 158 Å². The maximum atomic E-state index is 15.9. The molecule has 4 heterocycles. The average molecular weight is 1150 g/mol. The number of anilines is 1. The van der Waals surface area contributed by atoms with E-state index < -0.39 is 36.0 Å². The third-order valence-corrected chi connectivity index (χ3v) is 19.3. The number of amides is 2. The number of esters is 2. The van der Waals surface area contributed by atoms with Gasteiger partial charge >= 0.3 is 11.9 Å². The van der Waals surface area contributed by atoms with Crippen molar-refractivity contribution in [1.29, 1.82) is 0 Å². The van der Waals surface area contributed by atoms with Crippen molar-refractivity contribution in [1.82, 2.24) is 20.3 Å². The molecule has 3 N–H and O–H groups in total. The molecule has 0 radical (unpaired) electrons. The van der Waals surface area contributed by atoms with Crippen LogP contribution in [0.15, 0.2) is 125 Å². The van der Waals surface area contributed by atoms with Gasteiger partial charge in [-0.2, -0.15) is 0 Å². The molecule has 3 aromatic heterocycles. The van der Waals surface area contributed by atoms with E-state index in [0.29, 0.717) is 45.1 Å². The van der Waals surface area contributed by atoms with Crippen LogP contribution in [0.4, 0.5) is 11.6 Å². The Bertz CT molecular complexity index is 3580. The van der Waals surface area contributed by atoms with E-state index in [-0.39, 0.29) is 89.8 Å². The average Bonchev–Trinajstić information content (AvgIpc) is 2.97. The number of benzene rings is 4. The van der Waals surface area contributed by atoms with Gasteiger partial charge in [-0.25, -0.2) is 29.5 Å². The lowest BCUT2D eigenvalue weighted by Crippen LogP contribution is -2.50. The molecule has 1 aliphatic heterocycles. The lowest BCUT2D eigenvalue weighted by molar-refractivity contribution is -0.164. The SMILES string of the molecule is CC1CC(C(C)(C)C)C(OC(=O)C2=C(c3ccccc3)C(=Nc3[nH]c(NC(=O)c4nc5ccccc5s4)c(C(=O)OC4C(C(C)(C)C)CC(C)CC4C(C)(C)C)c3-c3ccccc3)N=C2NC(=O)c2nc3ccccc3s2)C(C(C)(C)C)C1. The minimum Gasteiger partial charge on any atom is -0.458 e. The molecule has 2 aliphatic carbocycles. The van der Waals surface area contributed by atoms with Gasteiger partial charge in [0.15, 0.2) is 21.7 Å². The first-order valence-corrected chi connectivity index (χ1v) is 30.8. The number of ether oxygens (including phenoxy) is 2. The number of thiazole rings is 2. The molecule has 2 amide bonds. The van der Waals surface area contributed by atoms with Crippen LogP contribution >= 0.6 is 22.7 Å². The minimum atomic E-state index is -0.660. The molecular formula is C68H79N7O6S2. The summed E-state index contributed by atoms with van der Waals surface area (Å²) in [5.74, 6) is -1.41. The summed E-state index contributed by atoms with van der Waals surface area (Å²) in [6, 6.07) is 33.8. The summed E-state index contributed by atoms with van der Waals surface area (Å²) in [5.41, 5.74) is 2.33. The summed E-state index contributed by atoms with van der Waals surface area (Å²) in [6.07, 6.45) is 2.50. The highest BCUT2D eigenvalue weighted by Crippen LogP contribution is 2.52. The van der Waals surface area contributed by atoms with Crippen molar-refractivity contribution in [2.75, 3.05) is 5.32 Å². The Morgan fingerprint density at radius 1 is 0.542 bits per heavy atom. The number of nitrogens with zero attached hydrogens (tertiary/aromatic N) is 4. The summed E-state index contributed by atoms with van der Waals surface area (Å²) in [7, 11) is 0. The zero-order chi connectivity index (χ0) is 59.5. The van der Waals surface area contributed by atoms with Gasteiger partial charge in [0.2, 0.25) is 0 Å². The van der Waals surface area contributed by atoms with Crippen molar-refractivity contribution in [3.63, 3.8) is 0 Å². The smallest absolute Gasteiger partial charge is 0.343 e. The molecule has 10 rings (SSSR count). The number of aromatic nitrogens is 3. The molecule has 3 aliphatic rings. The predicted octanol–water partition coefficient (Wildman–Crippen LogP) is 16.4. The first kappa shape index (κ1) is 59.1. The summed E-state index contributed by atoms with van der Waals surface area (Å²) in [4.78, 5) is 84.3. The Hall–Kier alpha value is -7.10. The van der Waals surface area contributed by atoms with Crippen molar-refractivity contribution in [3.8, 4) is 11.1 Å². The number of para-hydroxylation sites is 2. The van der Waals surface area contributed by atoms with E-state index in [0.717, 1.165) is 35.1 Å². The largest absolute Gasteiger partial charge is 0.458 e. The van der Waals surface area contributed by atoms with Crippen molar-refractivity contribution in [2.45, 2.75) is 135 Å². The van der Waals surface area contributed by atoms with E-state index in [1.807, 2.05) is 109 Å². The summed E-state index contributed by atoms with van der Waals surface area (Å²) in [6.45, 7) is 31.1. The van der Waals surface area contributed by atoms with Crippen LogP contribution in [0.2, 0.25) is 0 Å². The fraction of sp³-hybridized carbons (Fsp3) is 0.441. The van der Waals surface area contributed by atoms with E-state index in [2.05, 4.69) is 123 Å². The van der Waals surface area contributed by atoms with Crippen molar-refractivity contribution >= 4 is 95.7 Å². The molecule has 0 bridgehead atoms. The standard InChI is InChI=1S/C68H79N7O6S2/c1-37-33-41(65(3,4)5)53(42(34-37)66(6,7)8)80-63(78)51-49(39-25-17-15-18-26-39)55(72-57(51)74-59(76)61-69-45-29-21-23-31-47(45)82-61)71-56-50(40-27-19-16-20-28-40)52(58(73-56)75-60(77)62-70-46-30-22-24-32-48(46)83-62)64(79)81-54-43(67(9,10)11)35-38(2)36-44(54)68(12,13)14/h15-32,37-38,41-44,53-54,72H,33-36H2,1-14H3,(H,74,76)(H,71,73,75,77). The molecule has 2 saturated carbocycles. The number of carbonyl (C=O) groups excluding carboxylic acids is 4. The molecule has 4 unspecified atom stereocenters. The van der Waals surface area contributed by atoms with Crippen LogP contribution in [-0.4, -0.2) is 62.6 Å². The molecule has 2 fully saturated rings. The molecular weight excluding hydrogens is 1070 g/mol. The van der Waals surface area contributed by atoms with E-state index in [1.54, 1.807) is 0 Å². The highest BCUT2D eigenvalue weighted by Gasteiger charge is 2.51. The summed E-state index contributed by atoms with van der Waals surface area (Å²) in [5, 5.41) is 6.45. The zero-order valence-corrected chi connectivity index (χ0v) is 52.0. The Balaban J connectivity index is 1.19. The quantitative estimate of drug-likeness (QED) is 0.113. The van der Waals surface area contributed by atoms with Gasteiger partial charge in [-0.1, -0.05) is 182 Å². The van der Waals surface area contributed by atoms with Gasteiger partial charge in [-0.15, -0.1) is 22.7 Å². The first-order chi connectivity index (χ1) is 39.1. The van der Waals surface area contributed by atoms with Gasteiger partial charge < -0.3 is 25.1 Å². The van der Waals surface area contributed by atoms with E-state index in [9.17, 15) is 9.59 Å². The van der Waals surface area contributed by atoms with Crippen molar-refractivity contribution in [2.24, 2.45) is 67.2 Å². The monoisotopic (exact) mass is 1150 g/mol. The maximum absolute atomic E-state index is 15.9. The van der Waals surface area contributed by atoms with Crippen LogP contribution in [0, 0.1) is 57.2 Å². The number of rotatable bonds is 10. The van der Waals surface area contributed by atoms with Gasteiger partial charge in [-0.3, -0.25) is 9.59 Å². The third kappa shape index (κ3) is 12.4. The van der Waals surface area contributed by atoms with E-state index in [1.165, 1.54) is 22.7 Å². The molecule has 0 spiro atoms. The van der Waals surface area contributed by atoms with Crippen LogP contribution < -0.4 is 10.6 Å². The van der Waals surface area contributed by atoms with Crippen molar-refractivity contribution < 1.29 is 28.7 Å². The molecule has 434 valence electrons. The number of nitrogens with one attached hydrogen (secondary N) is 3. The number of aromatic amines is 1. The van der Waals surface area contributed by atoms with Crippen molar-refractivity contribution in [3.05, 3.63) is 136 Å². The molecule has 83 heavy (non-hydrogen) atoms. The number of amidine groups is 2. The lowest BCUT2D eigenvalue weighted by atomic mass is 9.59. The van der Waals surface area contributed by atoms with Gasteiger partial charge in [-0.05, 0) is 94.6 Å². The third-order valence-electron chi connectivity index (χ3n) is 17.3. The topological polar surface area (TPSA) is 177 Å². The van der Waals surface area contributed by atoms with Gasteiger partial charge in [0.1, 0.15) is 35.0 Å². The minimum absolute atomic E-state index is 0.00348. The van der Waals surface area contributed by atoms with Gasteiger partial charge in [0.25, 0.3) is 11.8 Å². The second-order valence-electron chi connectivity index (χ2n) is 27.6. The van der Waals surface area contributed by atoms with E-state index >= 15 is 9.59 Å². The summed E-state index contributed by atoms with van der Waals surface area (Å²) < 4.78 is 15.7. The Kier molecular flexibility index (Phi) is 16.2. The highest BCUT2D eigenvalue weighted by atomic mass is 32.1. The Labute approximate surface area is 496 Å². The fourth-order valence-corrected chi connectivity index (χ4v) is 14.6. The Morgan fingerprint density at radius 2 is 0.952 bits per heavy atom. The molecule has 4 aromatic carbocycles. The molecule has 15 heteroatoms. The van der Waals surface area contributed by atoms with Crippen LogP contribution in [0.5, 0.6) is 0 Å². The van der Waals surface area contributed by atoms with Crippen LogP contribution in [0.25, 0.3) is 37.1 Å².